The quantitative estimate of drug-likeness (QED) is 0.555. The van der Waals surface area contributed by atoms with Gasteiger partial charge in [0.2, 0.25) is 5.91 Å². The van der Waals surface area contributed by atoms with E-state index in [0.29, 0.717) is 43.9 Å². The summed E-state index contributed by atoms with van der Waals surface area (Å²) in [6, 6.07) is 9.64. The topological polar surface area (TPSA) is 66.7 Å². The van der Waals surface area contributed by atoms with Crippen LogP contribution in [0.1, 0.15) is 66.8 Å². The molecule has 2 heterocycles. The number of hydrogen-bond donors (Lipinski definition) is 0. The summed E-state index contributed by atoms with van der Waals surface area (Å²) in [5.41, 5.74) is 1.57. The van der Waals surface area contributed by atoms with E-state index in [1.54, 1.807) is 11.8 Å². The van der Waals surface area contributed by atoms with Gasteiger partial charge in [-0.2, -0.15) is 0 Å². The first-order valence-electron chi connectivity index (χ1n) is 11.8. The predicted molar refractivity (Wildman–Crippen MR) is 126 cm³/mol. The van der Waals surface area contributed by atoms with Crippen LogP contribution in [-0.4, -0.2) is 52.9 Å². The van der Waals surface area contributed by atoms with Crippen molar-refractivity contribution in [3.05, 3.63) is 47.3 Å². The first kappa shape index (κ1) is 22.9. The van der Waals surface area contributed by atoms with Crippen LogP contribution in [0.4, 0.5) is 0 Å². The van der Waals surface area contributed by atoms with E-state index in [1.165, 1.54) is 32.1 Å². The molecule has 1 aliphatic heterocycles. The number of piperazine rings is 1. The molecule has 0 bridgehead atoms. The lowest BCUT2D eigenvalue weighted by Crippen LogP contribution is -2.50. The van der Waals surface area contributed by atoms with E-state index in [2.05, 4.69) is 5.16 Å². The summed E-state index contributed by atoms with van der Waals surface area (Å²) in [5, 5.41) is 3.93. The minimum Gasteiger partial charge on any atom is -0.360 e. The smallest absolute Gasteiger partial charge is 0.255 e. The molecule has 6 nitrogen and oxygen atoms in total. The summed E-state index contributed by atoms with van der Waals surface area (Å²) in [5.74, 6) is 2.45. The number of hydrogen-bond acceptors (Lipinski definition) is 5. The molecule has 0 radical (unpaired) electrons. The van der Waals surface area contributed by atoms with Crippen molar-refractivity contribution >= 4 is 23.6 Å². The average Bonchev–Trinajstić information content (AvgIpc) is 3.26. The first-order chi connectivity index (χ1) is 15.6. The fourth-order valence-corrected chi connectivity index (χ4v) is 5.61. The number of amides is 2. The molecular formula is C25H33N3O3S. The van der Waals surface area contributed by atoms with Gasteiger partial charge < -0.3 is 14.3 Å². The predicted octanol–water partition coefficient (Wildman–Crippen LogP) is 4.92. The molecule has 32 heavy (non-hydrogen) atoms. The van der Waals surface area contributed by atoms with Crippen LogP contribution in [0.25, 0.3) is 0 Å². The largest absolute Gasteiger partial charge is 0.360 e. The van der Waals surface area contributed by atoms with Gasteiger partial charge >= 0.3 is 0 Å². The number of nitrogens with zero attached hydrogens (tertiary/aromatic N) is 3. The van der Waals surface area contributed by atoms with Gasteiger partial charge in [0.05, 0.1) is 17.0 Å². The van der Waals surface area contributed by atoms with Gasteiger partial charge in [0.25, 0.3) is 5.91 Å². The second kappa shape index (κ2) is 11.0. The monoisotopic (exact) mass is 455 g/mol. The molecule has 2 aromatic rings. The van der Waals surface area contributed by atoms with Crippen molar-refractivity contribution in [1.29, 1.82) is 0 Å². The molecule has 2 fully saturated rings. The Hall–Kier alpha value is -2.28. The Morgan fingerprint density at radius 1 is 1.06 bits per heavy atom. The van der Waals surface area contributed by atoms with Gasteiger partial charge in [-0.25, -0.2) is 0 Å². The summed E-state index contributed by atoms with van der Waals surface area (Å²) in [7, 11) is 0. The zero-order valence-electron chi connectivity index (χ0n) is 18.9. The second-order valence-electron chi connectivity index (χ2n) is 8.94. The Bertz CT molecular complexity index is 915. The van der Waals surface area contributed by atoms with E-state index >= 15 is 0 Å². The standard InChI is InChI=1S/C25H33N3O3S/c1-19-17-21(31-26-19)18-32-23-10-6-5-9-22(23)25(30)28-15-13-27(14-16-28)24(29)12-11-20-7-3-2-4-8-20/h5-6,9-10,17,20H,2-4,7-8,11-16,18H2,1H3. The lowest BCUT2D eigenvalue weighted by molar-refractivity contribution is -0.133. The van der Waals surface area contributed by atoms with Crippen molar-refractivity contribution in [1.82, 2.24) is 15.0 Å². The van der Waals surface area contributed by atoms with Crippen LogP contribution in [0.15, 0.2) is 39.8 Å². The van der Waals surface area contributed by atoms with Crippen molar-refractivity contribution in [3.63, 3.8) is 0 Å². The van der Waals surface area contributed by atoms with Crippen LogP contribution in [-0.2, 0) is 10.5 Å². The van der Waals surface area contributed by atoms with Gasteiger partial charge in [0, 0.05) is 43.6 Å². The number of carbonyl (C=O) groups is 2. The van der Waals surface area contributed by atoms with Crippen LogP contribution in [0.3, 0.4) is 0 Å². The Balaban J connectivity index is 1.28. The van der Waals surface area contributed by atoms with Gasteiger partial charge in [0.1, 0.15) is 5.76 Å². The molecule has 0 unspecified atom stereocenters. The maximum atomic E-state index is 13.2. The number of aryl methyl sites for hydroxylation is 1. The molecule has 0 atom stereocenters. The van der Waals surface area contributed by atoms with E-state index in [9.17, 15) is 9.59 Å². The second-order valence-corrected chi connectivity index (χ2v) is 9.95. The average molecular weight is 456 g/mol. The normalized spacial score (nSPS) is 17.5. The molecule has 0 spiro atoms. The summed E-state index contributed by atoms with van der Waals surface area (Å²) >= 11 is 1.59. The molecule has 2 aliphatic rings. The zero-order chi connectivity index (χ0) is 22.3. The van der Waals surface area contributed by atoms with Gasteiger partial charge in [-0.1, -0.05) is 49.4 Å². The number of rotatable bonds is 7. The third-order valence-electron chi connectivity index (χ3n) is 6.57. The Kier molecular flexibility index (Phi) is 7.90. The maximum Gasteiger partial charge on any atom is 0.255 e. The maximum absolute atomic E-state index is 13.2. The molecule has 0 N–H and O–H groups in total. The van der Waals surface area contributed by atoms with Gasteiger partial charge in [-0.15, -0.1) is 11.8 Å². The summed E-state index contributed by atoms with van der Waals surface area (Å²) in [6.45, 7) is 4.34. The highest BCUT2D eigenvalue weighted by atomic mass is 32.2. The van der Waals surface area contributed by atoms with Crippen LogP contribution in [0.2, 0.25) is 0 Å². The fraction of sp³-hybridized carbons (Fsp3) is 0.560. The molecule has 1 saturated heterocycles. The highest BCUT2D eigenvalue weighted by Crippen LogP contribution is 2.29. The lowest BCUT2D eigenvalue weighted by atomic mass is 9.86. The Labute approximate surface area is 194 Å². The van der Waals surface area contributed by atoms with E-state index in [4.69, 9.17) is 4.52 Å². The minimum absolute atomic E-state index is 0.0381. The van der Waals surface area contributed by atoms with Crippen molar-refractivity contribution in [2.45, 2.75) is 62.5 Å². The highest BCUT2D eigenvalue weighted by Gasteiger charge is 2.26. The van der Waals surface area contributed by atoms with E-state index in [-0.39, 0.29) is 11.8 Å². The molecule has 1 aliphatic carbocycles. The van der Waals surface area contributed by atoms with E-state index < -0.39 is 0 Å². The van der Waals surface area contributed by atoms with Crippen molar-refractivity contribution in [2.24, 2.45) is 5.92 Å². The summed E-state index contributed by atoms with van der Waals surface area (Å²) < 4.78 is 5.29. The van der Waals surface area contributed by atoms with Crippen LogP contribution in [0, 0.1) is 12.8 Å². The third-order valence-corrected chi connectivity index (χ3v) is 7.67. The fourth-order valence-electron chi connectivity index (χ4n) is 4.69. The number of thioether (sulfide) groups is 1. The van der Waals surface area contributed by atoms with Crippen LogP contribution in [0.5, 0.6) is 0 Å². The number of carbonyl (C=O) groups excluding carboxylic acids is 2. The van der Waals surface area contributed by atoms with Crippen LogP contribution < -0.4 is 0 Å². The van der Waals surface area contributed by atoms with E-state index in [0.717, 1.165) is 28.7 Å². The van der Waals surface area contributed by atoms with Gasteiger partial charge in [-0.3, -0.25) is 9.59 Å². The molecule has 4 rings (SSSR count). The van der Waals surface area contributed by atoms with Crippen molar-refractivity contribution in [3.8, 4) is 0 Å². The van der Waals surface area contributed by atoms with Crippen molar-refractivity contribution < 1.29 is 14.1 Å². The molecule has 7 heteroatoms. The molecule has 1 aromatic heterocycles. The van der Waals surface area contributed by atoms with Crippen LogP contribution >= 0.6 is 11.8 Å². The zero-order valence-corrected chi connectivity index (χ0v) is 19.7. The molecule has 1 aromatic carbocycles. The number of benzene rings is 1. The lowest BCUT2D eigenvalue weighted by Gasteiger charge is -2.35. The SMILES string of the molecule is Cc1cc(CSc2ccccc2C(=O)N2CCN(C(=O)CCC3CCCCC3)CC2)on1. The van der Waals surface area contributed by atoms with E-state index in [1.807, 2.05) is 47.1 Å². The highest BCUT2D eigenvalue weighted by molar-refractivity contribution is 7.98. The summed E-state index contributed by atoms with van der Waals surface area (Å²) in [6.07, 6.45) is 8.22. The molecule has 172 valence electrons. The molecule has 1 saturated carbocycles. The molecule has 2 amide bonds. The van der Waals surface area contributed by atoms with Gasteiger partial charge in [-0.05, 0) is 31.4 Å². The first-order valence-corrected chi connectivity index (χ1v) is 12.8. The minimum atomic E-state index is 0.0381. The third kappa shape index (κ3) is 5.94. The Morgan fingerprint density at radius 2 is 1.78 bits per heavy atom. The van der Waals surface area contributed by atoms with Gasteiger partial charge in [0.15, 0.2) is 0 Å². The Morgan fingerprint density at radius 3 is 2.50 bits per heavy atom. The van der Waals surface area contributed by atoms with Crippen molar-refractivity contribution in [2.75, 3.05) is 26.2 Å². The number of aromatic nitrogens is 1. The molecular weight excluding hydrogens is 422 g/mol. The summed E-state index contributed by atoms with van der Waals surface area (Å²) in [4.78, 5) is 30.7.